The Morgan fingerprint density at radius 1 is 0.963 bits per heavy atom. The molecular formula is C18H29ClF3NO3S. The van der Waals surface area contributed by atoms with Gasteiger partial charge in [0.1, 0.15) is 6.54 Å². The Morgan fingerprint density at radius 2 is 1.41 bits per heavy atom. The SMILES string of the molecule is CCCCCCCCCCCC[n+]1ccccc1Cl.O=S(=O)([O-])C(F)(F)F. The Kier molecular flexibility index (Phi) is 13.7. The van der Waals surface area contributed by atoms with Crippen LogP contribution in [0.25, 0.3) is 0 Å². The molecule has 27 heavy (non-hydrogen) atoms. The molecule has 1 aromatic rings. The van der Waals surface area contributed by atoms with E-state index in [1.54, 1.807) is 0 Å². The standard InChI is InChI=1S/C17H29ClN.CHF3O3S/c1-2-3-4-5-6-7-8-9-10-12-15-19-16-13-11-14-17(19)18;2-1(3,4)8(5,6)7/h11,13-14,16H,2-10,12,15H2,1H3;(H,5,6,7)/q+1;/p-1. The average Bonchev–Trinajstić information content (AvgIpc) is 2.57. The normalized spacial score (nSPS) is 11.8. The number of rotatable bonds is 11. The maximum atomic E-state index is 10.7. The van der Waals surface area contributed by atoms with Crippen molar-refractivity contribution in [2.75, 3.05) is 0 Å². The van der Waals surface area contributed by atoms with Crippen LogP contribution < -0.4 is 4.57 Å². The summed E-state index contributed by atoms with van der Waals surface area (Å²) < 4.78 is 61.0. The van der Waals surface area contributed by atoms with Gasteiger partial charge in [0.25, 0.3) is 5.15 Å². The quantitative estimate of drug-likeness (QED) is 0.151. The van der Waals surface area contributed by atoms with Crippen molar-refractivity contribution < 1.29 is 30.7 Å². The third-order valence-corrected chi connectivity index (χ3v) is 4.83. The Balaban J connectivity index is 0.000000713. The van der Waals surface area contributed by atoms with Crippen molar-refractivity contribution in [2.45, 2.75) is 83.2 Å². The molecule has 0 unspecified atom stereocenters. The van der Waals surface area contributed by atoms with E-state index in [2.05, 4.69) is 17.7 Å². The highest BCUT2D eigenvalue weighted by molar-refractivity contribution is 7.86. The van der Waals surface area contributed by atoms with Crippen LogP contribution in [-0.4, -0.2) is 18.5 Å². The zero-order valence-electron chi connectivity index (χ0n) is 15.7. The largest absolute Gasteiger partial charge is 0.741 e. The number of aromatic nitrogens is 1. The Labute approximate surface area is 165 Å². The zero-order chi connectivity index (χ0) is 20.8. The van der Waals surface area contributed by atoms with Gasteiger partial charge in [-0.25, -0.2) is 8.42 Å². The van der Waals surface area contributed by atoms with Gasteiger partial charge < -0.3 is 4.55 Å². The fourth-order valence-corrected chi connectivity index (χ4v) is 2.62. The molecule has 1 heterocycles. The third kappa shape index (κ3) is 13.9. The molecule has 4 nitrogen and oxygen atoms in total. The first-order valence-electron chi connectivity index (χ1n) is 9.25. The van der Waals surface area contributed by atoms with Crippen LogP contribution in [-0.2, 0) is 16.7 Å². The first-order chi connectivity index (χ1) is 12.6. The van der Waals surface area contributed by atoms with Crippen molar-refractivity contribution in [3.63, 3.8) is 0 Å². The van der Waals surface area contributed by atoms with Crippen LogP contribution in [0.3, 0.4) is 0 Å². The summed E-state index contributed by atoms with van der Waals surface area (Å²) in [6.07, 6.45) is 15.9. The van der Waals surface area contributed by atoms with E-state index in [9.17, 15) is 13.2 Å². The van der Waals surface area contributed by atoms with Gasteiger partial charge in [0, 0.05) is 18.6 Å². The topological polar surface area (TPSA) is 61.1 Å². The molecule has 0 saturated heterocycles. The van der Waals surface area contributed by atoms with E-state index in [1.165, 1.54) is 64.2 Å². The molecule has 0 aliphatic carbocycles. The van der Waals surface area contributed by atoms with Crippen LogP contribution in [0, 0.1) is 0 Å². The molecule has 0 amide bonds. The highest BCUT2D eigenvalue weighted by atomic mass is 35.5. The van der Waals surface area contributed by atoms with E-state index in [4.69, 9.17) is 24.6 Å². The van der Waals surface area contributed by atoms with Crippen LogP contribution in [0.2, 0.25) is 5.15 Å². The van der Waals surface area contributed by atoms with Gasteiger partial charge in [-0.1, -0.05) is 58.3 Å². The number of nitrogens with zero attached hydrogens (tertiary/aromatic N) is 1. The maximum absolute atomic E-state index is 10.7. The lowest BCUT2D eigenvalue weighted by atomic mass is 10.1. The number of unbranched alkanes of at least 4 members (excludes halogenated alkanes) is 9. The van der Waals surface area contributed by atoms with E-state index in [0.29, 0.717) is 0 Å². The minimum atomic E-state index is -6.09. The molecule has 0 aliphatic heterocycles. The van der Waals surface area contributed by atoms with Crippen molar-refractivity contribution in [1.29, 1.82) is 0 Å². The lowest BCUT2D eigenvalue weighted by Crippen LogP contribution is -2.34. The predicted molar refractivity (Wildman–Crippen MR) is 99.2 cm³/mol. The van der Waals surface area contributed by atoms with E-state index >= 15 is 0 Å². The van der Waals surface area contributed by atoms with Crippen molar-refractivity contribution in [2.24, 2.45) is 0 Å². The number of alkyl halides is 3. The summed E-state index contributed by atoms with van der Waals surface area (Å²) in [5.41, 5.74) is -5.65. The number of halogens is 4. The van der Waals surface area contributed by atoms with Gasteiger partial charge in [-0.3, -0.25) is 0 Å². The van der Waals surface area contributed by atoms with Crippen molar-refractivity contribution in [3.8, 4) is 0 Å². The molecule has 0 radical (unpaired) electrons. The minimum Gasteiger partial charge on any atom is -0.741 e. The van der Waals surface area contributed by atoms with Crippen molar-refractivity contribution in [1.82, 2.24) is 0 Å². The zero-order valence-corrected chi connectivity index (χ0v) is 17.3. The second-order valence-electron chi connectivity index (χ2n) is 6.30. The number of pyridine rings is 1. The molecule has 0 N–H and O–H groups in total. The molecule has 0 aromatic carbocycles. The van der Waals surface area contributed by atoms with Gasteiger partial charge in [0.2, 0.25) is 0 Å². The molecule has 1 rings (SSSR count). The van der Waals surface area contributed by atoms with Crippen LogP contribution in [0.4, 0.5) is 13.2 Å². The van der Waals surface area contributed by atoms with Crippen LogP contribution in [0.1, 0.15) is 71.1 Å². The summed E-state index contributed by atoms with van der Waals surface area (Å²) >= 11 is 6.11. The predicted octanol–water partition coefficient (Wildman–Crippen LogP) is 5.60. The van der Waals surface area contributed by atoms with Crippen LogP contribution >= 0.6 is 11.6 Å². The minimum absolute atomic E-state index is 0.846. The lowest BCUT2D eigenvalue weighted by Gasteiger charge is -2.08. The van der Waals surface area contributed by atoms with E-state index in [0.717, 1.165) is 11.7 Å². The summed E-state index contributed by atoms with van der Waals surface area (Å²) in [4.78, 5) is 0. The van der Waals surface area contributed by atoms with Gasteiger partial charge in [-0.15, -0.1) is 0 Å². The second kappa shape index (κ2) is 14.2. The molecule has 0 atom stereocenters. The number of aryl methyl sites for hydroxylation is 1. The number of hydrogen-bond acceptors (Lipinski definition) is 3. The van der Waals surface area contributed by atoms with Crippen LogP contribution in [0.5, 0.6) is 0 Å². The summed E-state index contributed by atoms with van der Waals surface area (Å²) in [6.45, 7) is 3.33. The molecule has 0 bridgehead atoms. The first kappa shape index (κ1) is 26.1. The molecule has 158 valence electrons. The van der Waals surface area contributed by atoms with Gasteiger partial charge in [-0.2, -0.15) is 17.7 Å². The van der Waals surface area contributed by atoms with E-state index in [1.807, 2.05) is 18.2 Å². The van der Waals surface area contributed by atoms with E-state index in [-0.39, 0.29) is 0 Å². The molecule has 1 aromatic heterocycles. The summed E-state index contributed by atoms with van der Waals surface area (Å²) in [5, 5.41) is 0.846. The average molecular weight is 432 g/mol. The molecule has 0 saturated carbocycles. The molecular weight excluding hydrogens is 403 g/mol. The smallest absolute Gasteiger partial charge is 0.485 e. The van der Waals surface area contributed by atoms with Gasteiger partial charge in [0.05, 0.1) is 0 Å². The Hall–Kier alpha value is -0.860. The van der Waals surface area contributed by atoms with Gasteiger partial charge >= 0.3 is 5.51 Å². The third-order valence-electron chi connectivity index (χ3n) is 3.92. The van der Waals surface area contributed by atoms with Crippen LogP contribution in [0.15, 0.2) is 24.4 Å². The maximum Gasteiger partial charge on any atom is 0.485 e. The number of hydrogen-bond donors (Lipinski definition) is 0. The van der Waals surface area contributed by atoms with E-state index < -0.39 is 15.6 Å². The second-order valence-corrected chi connectivity index (χ2v) is 8.06. The summed E-state index contributed by atoms with van der Waals surface area (Å²) in [7, 11) is -6.09. The lowest BCUT2D eigenvalue weighted by molar-refractivity contribution is -0.695. The molecule has 0 spiro atoms. The molecule has 9 heteroatoms. The Bertz CT molecular complexity index is 610. The molecule has 0 fully saturated rings. The van der Waals surface area contributed by atoms with Gasteiger partial charge in [0.15, 0.2) is 16.3 Å². The van der Waals surface area contributed by atoms with Crippen molar-refractivity contribution in [3.05, 3.63) is 29.5 Å². The fraction of sp³-hybridized carbons (Fsp3) is 0.722. The highest BCUT2D eigenvalue weighted by Crippen LogP contribution is 2.20. The summed E-state index contributed by atoms with van der Waals surface area (Å²) in [5.74, 6) is 0. The molecule has 0 aliphatic rings. The van der Waals surface area contributed by atoms with Gasteiger partial charge in [-0.05, 0) is 24.1 Å². The Morgan fingerprint density at radius 3 is 1.81 bits per heavy atom. The highest BCUT2D eigenvalue weighted by Gasteiger charge is 2.36. The van der Waals surface area contributed by atoms with Crippen molar-refractivity contribution >= 4 is 21.7 Å². The fourth-order valence-electron chi connectivity index (χ4n) is 2.41. The first-order valence-corrected chi connectivity index (χ1v) is 11.0. The monoisotopic (exact) mass is 431 g/mol. The summed E-state index contributed by atoms with van der Waals surface area (Å²) in [6, 6.07) is 5.98.